The van der Waals surface area contributed by atoms with E-state index in [0.29, 0.717) is 17.1 Å². The van der Waals surface area contributed by atoms with Gasteiger partial charge in [-0.1, -0.05) is 35.4 Å². The molecule has 3 aromatic rings. The third-order valence-electron chi connectivity index (χ3n) is 3.38. The van der Waals surface area contributed by atoms with Crippen molar-refractivity contribution in [3.63, 3.8) is 0 Å². The number of benzene rings is 2. The lowest BCUT2D eigenvalue weighted by Gasteiger charge is -2.05. The van der Waals surface area contributed by atoms with Crippen molar-refractivity contribution in [1.82, 2.24) is 10.2 Å². The Bertz CT molecular complexity index is 948. The lowest BCUT2D eigenvalue weighted by molar-refractivity contribution is -0.111. The number of hydrogen-bond donors (Lipinski definition) is 2. The van der Waals surface area contributed by atoms with Gasteiger partial charge in [0.15, 0.2) is 0 Å². The fraction of sp³-hybridized carbons (Fsp3) is 0.0526. The second kappa shape index (κ2) is 7.89. The second-order valence-corrected chi connectivity index (χ2v) is 5.30. The van der Waals surface area contributed by atoms with Crippen molar-refractivity contribution in [2.45, 2.75) is 6.92 Å². The Kier molecular flexibility index (Phi) is 5.19. The Morgan fingerprint density at radius 1 is 1.00 bits per heavy atom. The van der Waals surface area contributed by atoms with Crippen molar-refractivity contribution in [2.75, 3.05) is 10.6 Å². The maximum absolute atomic E-state index is 12.4. The Morgan fingerprint density at radius 3 is 2.58 bits per heavy atom. The quantitative estimate of drug-likeness (QED) is 0.688. The smallest absolute Gasteiger partial charge is 0.322 e. The number of aromatic nitrogens is 2. The van der Waals surface area contributed by atoms with Gasteiger partial charge in [-0.05, 0) is 43.3 Å². The van der Waals surface area contributed by atoms with Crippen LogP contribution in [0.15, 0.2) is 71.2 Å². The molecule has 1 aromatic heterocycles. The lowest BCUT2D eigenvalue weighted by Crippen LogP contribution is -2.13. The van der Waals surface area contributed by atoms with Crippen LogP contribution >= 0.6 is 0 Å². The highest BCUT2D eigenvalue weighted by Crippen LogP contribution is 2.20. The summed E-state index contributed by atoms with van der Waals surface area (Å²) in [6.45, 7) is 1.75. The highest BCUT2D eigenvalue weighted by atomic mass is 16.4. The molecule has 0 saturated heterocycles. The van der Waals surface area contributed by atoms with E-state index in [9.17, 15) is 9.59 Å². The summed E-state index contributed by atoms with van der Waals surface area (Å²) in [5, 5.41) is 13.0. The number of rotatable bonds is 5. The molecule has 0 radical (unpaired) electrons. The topological polar surface area (TPSA) is 97.1 Å². The Hall–Kier alpha value is -3.74. The van der Waals surface area contributed by atoms with E-state index in [1.807, 2.05) is 30.3 Å². The van der Waals surface area contributed by atoms with E-state index >= 15 is 0 Å². The SMILES string of the molecule is C/C=C/C(=O)Nc1cccc(C(=O)Nc2nnc(-c3ccccc3)o2)c1. The maximum Gasteiger partial charge on any atom is 0.322 e. The van der Waals surface area contributed by atoms with E-state index < -0.39 is 5.91 Å². The molecule has 0 aliphatic rings. The third-order valence-corrected chi connectivity index (χ3v) is 3.38. The summed E-state index contributed by atoms with van der Waals surface area (Å²) in [6.07, 6.45) is 3.03. The molecule has 2 N–H and O–H groups in total. The predicted molar refractivity (Wildman–Crippen MR) is 97.6 cm³/mol. The number of amides is 2. The first-order valence-corrected chi connectivity index (χ1v) is 7.90. The molecule has 0 atom stereocenters. The van der Waals surface area contributed by atoms with Crippen molar-refractivity contribution in [1.29, 1.82) is 0 Å². The molecule has 0 fully saturated rings. The number of hydrogen-bond acceptors (Lipinski definition) is 5. The van der Waals surface area contributed by atoms with Gasteiger partial charge in [-0.25, -0.2) is 0 Å². The summed E-state index contributed by atoms with van der Waals surface area (Å²) in [7, 11) is 0. The van der Waals surface area contributed by atoms with Crippen LogP contribution in [-0.2, 0) is 4.79 Å². The monoisotopic (exact) mass is 348 g/mol. The van der Waals surface area contributed by atoms with Gasteiger partial charge in [-0.3, -0.25) is 14.9 Å². The molecule has 0 spiro atoms. The van der Waals surface area contributed by atoms with Gasteiger partial charge in [0.25, 0.3) is 5.91 Å². The summed E-state index contributed by atoms with van der Waals surface area (Å²) in [5.41, 5.74) is 1.62. The molecule has 0 unspecified atom stereocenters. The van der Waals surface area contributed by atoms with Crippen LogP contribution in [0.25, 0.3) is 11.5 Å². The van der Waals surface area contributed by atoms with E-state index in [-0.39, 0.29) is 11.9 Å². The summed E-state index contributed by atoms with van der Waals surface area (Å²) >= 11 is 0. The summed E-state index contributed by atoms with van der Waals surface area (Å²) in [5.74, 6) is -0.377. The van der Waals surface area contributed by atoms with Crippen molar-refractivity contribution in [3.8, 4) is 11.5 Å². The summed E-state index contributed by atoms with van der Waals surface area (Å²) in [6, 6.07) is 15.8. The number of anilines is 2. The molecule has 2 aromatic carbocycles. The van der Waals surface area contributed by atoms with Gasteiger partial charge < -0.3 is 9.73 Å². The van der Waals surface area contributed by atoms with E-state index in [1.54, 1.807) is 37.3 Å². The number of allylic oxidation sites excluding steroid dienone is 1. The molecule has 26 heavy (non-hydrogen) atoms. The van der Waals surface area contributed by atoms with Crippen LogP contribution in [0.4, 0.5) is 11.7 Å². The minimum Gasteiger partial charge on any atom is -0.403 e. The van der Waals surface area contributed by atoms with Crippen molar-refractivity contribution in [2.24, 2.45) is 0 Å². The minimum absolute atomic E-state index is 0.00259. The van der Waals surface area contributed by atoms with Crippen molar-refractivity contribution < 1.29 is 14.0 Å². The zero-order chi connectivity index (χ0) is 18.4. The molecular formula is C19H16N4O3. The lowest BCUT2D eigenvalue weighted by atomic mass is 10.2. The molecule has 2 amide bonds. The predicted octanol–water partition coefficient (Wildman–Crippen LogP) is 3.50. The fourth-order valence-electron chi connectivity index (χ4n) is 2.21. The van der Waals surface area contributed by atoms with E-state index in [4.69, 9.17) is 4.42 Å². The average molecular weight is 348 g/mol. The van der Waals surface area contributed by atoms with Crippen LogP contribution in [0.1, 0.15) is 17.3 Å². The van der Waals surface area contributed by atoms with Crippen LogP contribution in [0.3, 0.4) is 0 Å². The fourth-order valence-corrected chi connectivity index (χ4v) is 2.21. The van der Waals surface area contributed by atoms with Crippen LogP contribution < -0.4 is 10.6 Å². The van der Waals surface area contributed by atoms with Gasteiger partial charge in [-0.15, -0.1) is 5.10 Å². The van der Waals surface area contributed by atoms with Gasteiger partial charge in [0.05, 0.1) is 0 Å². The molecule has 0 saturated carbocycles. The second-order valence-electron chi connectivity index (χ2n) is 5.30. The van der Waals surface area contributed by atoms with Gasteiger partial charge >= 0.3 is 6.01 Å². The number of carbonyl (C=O) groups is 2. The maximum atomic E-state index is 12.4. The molecule has 130 valence electrons. The Balaban J connectivity index is 1.70. The standard InChI is InChI=1S/C19H16N4O3/c1-2-7-16(24)20-15-11-6-10-14(12-15)17(25)21-19-23-22-18(26-19)13-8-4-3-5-9-13/h2-12H,1H3,(H,20,24)(H,21,23,25)/b7-2+. The number of nitrogens with one attached hydrogen (secondary N) is 2. The molecular weight excluding hydrogens is 332 g/mol. The largest absolute Gasteiger partial charge is 0.403 e. The van der Waals surface area contributed by atoms with Gasteiger partial charge in [-0.2, -0.15) is 0 Å². The van der Waals surface area contributed by atoms with Crippen LogP contribution in [0, 0.1) is 0 Å². The van der Waals surface area contributed by atoms with E-state index in [0.717, 1.165) is 5.56 Å². The van der Waals surface area contributed by atoms with Gasteiger partial charge in [0.1, 0.15) is 0 Å². The molecule has 7 nitrogen and oxygen atoms in total. The average Bonchev–Trinajstić information content (AvgIpc) is 3.11. The third kappa shape index (κ3) is 4.21. The van der Waals surface area contributed by atoms with Gasteiger partial charge in [0, 0.05) is 16.8 Å². The van der Waals surface area contributed by atoms with Crippen LogP contribution in [-0.4, -0.2) is 22.0 Å². The first kappa shape index (κ1) is 17.1. The molecule has 1 heterocycles. The van der Waals surface area contributed by atoms with Crippen molar-refractivity contribution >= 4 is 23.5 Å². The molecule has 0 aliphatic carbocycles. The van der Waals surface area contributed by atoms with Crippen LogP contribution in [0.2, 0.25) is 0 Å². The van der Waals surface area contributed by atoms with Crippen molar-refractivity contribution in [3.05, 3.63) is 72.3 Å². The highest BCUT2D eigenvalue weighted by Gasteiger charge is 2.13. The van der Waals surface area contributed by atoms with Crippen LogP contribution in [0.5, 0.6) is 0 Å². The van der Waals surface area contributed by atoms with E-state index in [1.165, 1.54) is 6.08 Å². The number of carbonyl (C=O) groups excluding carboxylic acids is 2. The molecule has 7 heteroatoms. The van der Waals surface area contributed by atoms with Gasteiger partial charge in [0.2, 0.25) is 11.8 Å². The zero-order valence-electron chi connectivity index (χ0n) is 14.0. The minimum atomic E-state index is -0.421. The normalized spacial score (nSPS) is 10.7. The summed E-state index contributed by atoms with van der Waals surface area (Å²) < 4.78 is 5.46. The first-order chi connectivity index (χ1) is 12.7. The highest BCUT2D eigenvalue weighted by molar-refractivity contribution is 6.05. The Morgan fingerprint density at radius 2 is 1.81 bits per heavy atom. The zero-order valence-corrected chi connectivity index (χ0v) is 14.0. The summed E-state index contributed by atoms with van der Waals surface area (Å²) in [4.78, 5) is 23.9. The number of nitrogens with zero attached hydrogens (tertiary/aromatic N) is 2. The Labute approximate surface area is 149 Å². The van der Waals surface area contributed by atoms with E-state index in [2.05, 4.69) is 20.8 Å². The molecule has 0 aliphatic heterocycles. The molecule has 3 rings (SSSR count). The molecule has 0 bridgehead atoms. The first-order valence-electron chi connectivity index (χ1n) is 7.90.